The largest absolute Gasteiger partial charge is 0.481 e. The molecule has 0 saturated carbocycles. The summed E-state index contributed by atoms with van der Waals surface area (Å²) in [6.07, 6.45) is 2.28. The van der Waals surface area contributed by atoms with E-state index in [1.165, 1.54) is 6.92 Å². The lowest BCUT2D eigenvalue weighted by Crippen LogP contribution is -2.49. The minimum atomic E-state index is -0.905. The summed E-state index contributed by atoms with van der Waals surface area (Å²) in [5, 5.41) is 8.54. The van der Waals surface area contributed by atoms with E-state index >= 15 is 0 Å². The molecule has 1 aliphatic heterocycles. The van der Waals surface area contributed by atoms with Gasteiger partial charge in [0.25, 0.3) is 0 Å². The monoisotopic (exact) mass is 414 g/mol. The van der Waals surface area contributed by atoms with Gasteiger partial charge in [-0.2, -0.15) is 0 Å². The lowest BCUT2D eigenvalue weighted by molar-refractivity contribution is -0.139. The number of amides is 2. The Morgan fingerprint density at radius 2 is 1.59 bits per heavy atom. The molecule has 1 heterocycles. The molecule has 9 heteroatoms. The van der Waals surface area contributed by atoms with Crippen LogP contribution in [0.4, 0.5) is 0 Å². The number of carboxylic acids is 1. The smallest absolute Gasteiger partial charge is 0.305 e. The molecule has 0 unspecified atom stereocenters. The van der Waals surface area contributed by atoms with E-state index in [0.717, 1.165) is 12.8 Å². The van der Waals surface area contributed by atoms with Crippen LogP contribution in [-0.2, 0) is 28.7 Å². The van der Waals surface area contributed by atoms with Crippen LogP contribution in [0.1, 0.15) is 52.4 Å². The normalized spacial score (nSPS) is 14.6. The van der Waals surface area contributed by atoms with Gasteiger partial charge in [-0.25, -0.2) is 0 Å². The number of aliphatic carboxylic acids is 1. The van der Waals surface area contributed by atoms with Crippen molar-refractivity contribution >= 4 is 23.6 Å². The minimum Gasteiger partial charge on any atom is -0.481 e. The van der Waals surface area contributed by atoms with Gasteiger partial charge in [0.2, 0.25) is 11.8 Å². The van der Waals surface area contributed by atoms with Crippen molar-refractivity contribution < 1.29 is 33.8 Å². The summed E-state index contributed by atoms with van der Waals surface area (Å²) in [5.74, 6) is -0.861. The van der Waals surface area contributed by atoms with Gasteiger partial charge in [-0.1, -0.05) is 6.92 Å². The fraction of sp³-hybridized carbons (Fsp3) is 0.800. The predicted molar refractivity (Wildman–Crippen MR) is 105 cm³/mol. The van der Waals surface area contributed by atoms with Gasteiger partial charge in [0, 0.05) is 44.9 Å². The third-order valence-electron chi connectivity index (χ3n) is 4.88. The van der Waals surface area contributed by atoms with E-state index in [1.807, 2.05) is 11.8 Å². The molecule has 1 rings (SSSR count). The van der Waals surface area contributed by atoms with Crippen molar-refractivity contribution in [3.63, 3.8) is 0 Å². The van der Waals surface area contributed by atoms with E-state index in [-0.39, 0.29) is 49.5 Å². The summed E-state index contributed by atoms with van der Waals surface area (Å²) in [7, 11) is 0. The van der Waals surface area contributed by atoms with Crippen LogP contribution >= 0.6 is 0 Å². The number of nitrogens with zero attached hydrogens (tertiary/aromatic N) is 2. The van der Waals surface area contributed by atoms with Gasteiger partial charge in [-0.15, -0.1) is 0 Å². The van der Waals surface area contributed by atoms with Gasteiger partial charge in [0.05, 0.1) is 32.8 Å². The second-order valence-electron chi connectivity index (χ2n) is 7.12. The number of carbonyl (C=O) groups excluding carboxylic acids is 3. The maximum Gasteiger partial charge on any atom is 0.305 e. The first-order valence-electron chi connectivity index (χ1n) is 10.3. The van der Waals surface area contributed by atoms with Gasteiger partial charge >= 0.3 is 5.97 Å². The number of likely N-dealkylation sites (tertiary alicyclic amines) is 1. The summed E-state index contributed by atoms with van der Waals surface area (Å²) in [6.45, 7) is 6.08. The first-order valence-corrected chi connectivity index (χ1v) is 10.3. The van der Waals surface area contributed by atoms with Crippen molar-refractivity contribution in [2.24, 2.45) is 0 Å². The van der Waals surface area contributed by atoms with E-state index in [0.29, 0.717) is 45.9 Å². The van der Waals surface area contributed by atoms with Gasteiger partial charge in [0.15, 0.2) is 0 Å². The summed E-state index contributed by atoms with van der Waals surface area (Å²) in [4.78, 5) is 49.7. The third-order valence-corrected chi connectivity index (χ3v) is 4.88. The molecule has 0 bridgehead atoms. The number of carboxylic acid groups (broad SMARTS) is 1. The lowest BCUT2D eigenvalue weighted by Gasteiger charge is -2.38. The van der Waals surface area contributed by atoms with Crippen molar-refractivity contribution in [2.75, 3.05) is 46.1 Å². The molecule has 0 aromatic carbocycles. The van der Waals surface area contributed by atoms with Crippen LogP contribution in [-0.4, -0.2) is 90.6 Å². The van der Waals surface area contributed by atoms with Crippen molar-refractivity contribution in [1.82, 2.24) is 9.80 Å². The highest BCUT2D eigenvalue weighted by Crippen LogP contribution is 2.18. The number of hydrogen-bond donors (Lipinski definition) is 1. The maximum absolute atomic E-state index is 12.6. The molecule has 1 N–H and O–H groups in total. The molecule has 2 amide bonds. The summed E-state index contributed by atoms with van der Waals surface area (Å²) < 4.78 is 10.7. The van der Waals surface area contributed by atoms with Crippen LogP contribution in [0.2, 0.25) is 0 Å². The molecule has 0 radical (unpaired) electrons. The number of ether oxygens (including phenoxy) is 2. The summed E-state index contributed by atoms with van der Waals surface area (Å²) >= 11 is 0. The van der Waals surface area contributed by atoms with E-state index in [4.69, 9.17) is 14.6 Å². The number of carbonyl (C=O) groups is 4. The molecule has 1 saturated heterocycles. The quantitative estimate of drug-likeness (QED) is 0.423. The summed E-state index contributed by atoms with van der Waals surface area (Å²) in [5.41, 5.74) is 0. The average Bonchev–Trinajstić information content (AvgIpc) is 2.70. The van der Waals surface area contributed by atoms with Crippen molar-refractivity contribution in [2.45, 2.75) is 58.4 Å². The Balaban J connectivity index is 2.44. The Morgan fingerprint density at radius 1 is 0.966 bits per heavy atom. The van der Waals surface area contributed by atoms with E-state index in [2.05, 4.69) is 0 Å². The molecular weight excluding hydrogens is 380 g/mol. The molecule has 0 aliphatic carbocycles. The van der Waals surface area contributed by atoms with Gasteiger partial charge in [-0.05, 0) is 19.8 Å². The van der Waals surface area contributed by atoms with Crippen LogP contribution < -0.4 is 0 Å². The van der Waals surface area contributed by atoms with E-state index < -0.39 is 5.97 Å². The van der Waals surface area contributed by atoms with Crippen LogP contribution in [0.3, 0.4) is 0 Å². The Kier molecular flexibility index (Phi) is 12.1. The number of ketones is 1. The number of Topliss-reactive ketones (excluding diaryl/α,β-unsaturated/α-hetero) is 1. The lowest BCUT2D eigenvalue weighted by atomic mass is 10.0. The highest BCUT2D eigenvalue weighted by Gasteiger charge is 2.29. The Hall–Kier alpha value is -2.00. The molecule has 1 aliphatic rings. The molecule has 0 aromatic rings. The maximum atomic E-state index is 12.6. The van der Waals surface area contributed by atoms with Gasteiger partial charge in [0.1, 0.15) is 5.78 Å². The van der Waals surface area contributed by atoms with Crippen LogP contribution in [0, 0.1) is 0 Å². The van der Waals surface area contributed by atoms with Crippen molar-refractivity contribution in [3.05, 3.63) is 0 Å². The Labute approximate surface area is 172 Å². The van der Waals surface area contributed by atoms with Crippen LogP contribution in [0.5, 0.6) is 0 Å². The second kappa shape index (κ2) is 14.1. The Morgan fingerprint density at radius 3 is 2.14 bits per heavy atom. The standard InChI is InChI=1S/C20H34N2O7/c1-3-18(24)21-9-6-17(7-10-21)22(19(25)5-4-16(2)23)11-13-29-15-14-28-12-8-20(26)27/h17H,3-15H2,1-2H3,(H,26,27). The van der Waals surface area contributed by atoms with Crippen molar-refractivity contribution in [1.29, 1.82) is 0 Å². The zero-order valence-corrected chi connectivity index (χ0v) is 17.6. The highest BCUT2D eigenvalue weighted by molar-refractivity contribution is 5.83. The molecule has 166 valence electrons. The number of piperidine rings is 1. The predicted octanol–water partition coefficient (Wildman–Crippen LogP) is 1.09. The first kappa shape index (κ1) is 25.0. The SMILES string of the molecule is CCC(=O)N1CCC(N(CCOCCOCCC(=O)O)C(=O)CCC(C)=O)CC1. The highest BCUT2D eigenvalue weighted by atomic mass is 16.5. The molecule has 1 fully saturated rings. The topological polar surface area (TPSA) is 113 Å². The number of rotatable bonds is 14. The molecule has 0 spiro atoms. The second-order valence-corrected chi connectivity index (χ2v) is 7.12. The van der Waals surface area contributed by atoms with Crippen molar-refractivity contribution in [3.8, 4) is 0 Å². The molecule has 0 atom stereocenters. The van der Waals surface area contributed by atoms with Crippen LogP contribution in [0.25, 0.3) is 0 Å². The van der Waals surface area contributed by atoms with Gasteiger partial charge < -0.3 is 29.2 Å². The van der Waals surface area contributed by atoms with E-state index in [1.54, 1.807) is 4.90 Å². The zero-order chi connectivity index (χ0) is 21.6. The fourth-order valence-corrected chi connectivity index (χ4v) is 3.23. The van der Waals surface area contributed by atoms with Crippen LogP contribution in [0.15, 0.2) is 0 Å². The minimum absolute atomic E-state index is 0.0172. The van der Waals surface area contributed by atoms with E-state index in [9.17, 15) is 19.2 Å². The fourth-order valence-electron chi connectivity index (χ4n) is 3.23. The average molecular weight is 414 g/mol. The Bertz CT molecular complexity index is 545. The third kappa shape index (κ3) is 10.4. The molecule has 0 aromatic heterocycles. The van der Waals surface area contributed by atoms with Gasteiger partial charge in [-0.3, -0.25) is 14.4 Å². The number of hydrogen-bond acceptors (Lipinski definition) is 6. The zero-order valence-electron chi connectivity index (χ0n) is 17.6. The summed E-state index contributed by atoms with van der Waals surface area (Å²) in [6, 6.07) is 0.0331. The molecule has 9 nitrogen and oxygen atoms in total. The molecule has 29 heavy (non-hydrogen) atoms. The molecular formula is C20H34N2O7. The first-order chi connectivity index (χ1) is 13.8.